The third-order valence-corrected chi connectivity index (χ3v) is 4.59. The summed E-state index contributed by atoms with van der Waals surface area (Å²) >= 11 is 7.58. The molecule has 1 saturated heterocycles. The Kier molecular flexibility index (Phi) is 4.93. The maximum absolute atomic E-state index is 13.7. The third-order valence-electron chi connectivity index (χ3n) is 3.25. The van der Waals surface area contributed by atoms with Gasteiger partial charge in [0.1, 0.15) is 0 Å². The van der Waals surface area contributed by atoms with Gasteiger partial charge in [-0.05, 0) is 36.5 Å². The molecule has 1 aliphatic rings. The second kappa shape index (κ2) is 6.48. The molecule has 104 valence electrons. The van der Waals surface area contributed by atoms with E-state index in [0.717, 1.165) is 24.3 Å². The molecule has 0 unspecified atom stereocenters. The first kappa shape index (κ1) is 14.5. The Balaban J connectivity index is 2.01. The van der Waals surface area contributed by atoms with E-state index < -0.39 is 5.82 Å². The third kappa shape index (κ3) is 3.54. The SMILES string of the molecule is CN(C(=O)Nc1cccc(Cl)c1F)C1CCSCC1. The number of thioether (sulfide) groups is 1. The summed E-state index contributed by atoms with van der Waals surface area (Å²) in [5.41, 5.74) is 0.120. The van der Waals surface area contributed by atoms with Gasteiger partial charge in [-0.25, -0.2) is 9.18 Å². The predicted octanol–water partition coefficient (Wildman–Crippen LogP) is 3.84. The first-order chi connectivity index (χ1) is 9.09. The smallest absolute Gasteiger partial charge is 0.321 e. The van der Waals surface area contributed by atoms with Crippen molar-refractivity contribution in [1.29, 1.82) is 0 Å². The van der Waals surface area contributed by atoms with Crippen LogP contribution in [0.4, 0.5) is 14.9 Å². The molecule has 0 atom stereocenters. The van der Waals surface area contributed by atoms with Gasteiger partial charge in [-0.1, -0.05) is 17.7 Å². The van der Waals surface area contributed by atoms with E-state index in [-0.39, 0.29) is 22.8 Å². The standard InChI is InChI=1S/C13H16ClFN2OS/c1-17(9-5-7-19-8-6-9)13(18)16-11-4-2-3-10(14)12(11)15/h2-4,9H,5-8H2,1H3,(H,16,18). The number of nitrogens with zero attached hydrogens (tertiary/aromatic N) is 1. The van der Waals surface area contributed by atoms with E-state index in [1.807, 2.05) is 11.8 Å². The molecule has 1 aliphatic heterocycles. The van der Waals surface area contributed by atoms with Gasteiger partial charge in [-0.2, -0.15) is 11.8 Å². The number of amides is 2. The highest BCUT2D eigenvalue weighted by molar-refractivity contribution is 7.99. The van der Waals surface area contributed by atoms with Crippen molar-refractivity contribution in [2.24, 2.45) is 0 Å². The highest BCUT2D eigenvalue weighted by Crippen LogP contribution is 2.24. The lowest BCUT2D eigenvalue weighted by atomic mass is 10.1. The largest absolute Gasteiger partial charge is 0.325 e. The fourth-order valence-electron chi connectivity index (χ4n) is 2.04. The second-order valence-corrected chi connectivity index (χ2v) is 6.12. The van der Waals surface area contributed by atoms with Crippen LogP contribution in [0.3, 0.4) is 0 Å². The molecule has 0 spiro atoms. The molecule has 0 aromatic heterocycles. The summed E-state index contributed by atoms with van der Waals surface area (Å²) in [6, 6.07) is 4.50. The van der Waals surface area contributed by atoms with E-state index in [4.69, 9.17) is 11.6 Å². The van der Waals surface area contributed by atoms with Crippen LogP contribution in [0.5, 0.6) is 0 Å². The minimum atomic E-state index is -0.592. The first-order valence-electron chi connectivity index (χ1n) is 6.15. The molecule has 2 amide bonds. The molecule has 0 bridgehead atoms. The number of hydrogen-bond acceptors (Lipinski definition) is 2. The van der Waals surface area contributed by atoms with Gasteiger partial charge in [0.2, 0.25) is 0 Å². The highest BCUT2D eigenvalue weighted by atomic mass is 35.5. The molecule has 2 rings (SSSR count). The Morgan fingerprint density at radius 2 is 2.16 bits per heavy atom. The summed E-state index contributed by atoms with van der Waals surface area (Å²) in [7, 11) is 1.75. The maximum Gasteiger partial charge on any atom is 0.321 e. The average Bonchev–Trinajstić information content (AvgIpc) is 2.44. The van der Waals surface area contributed by atoms with Gasteiger partial charge in [-0.15, -0.1) is 0 Å². The summed E-state index contributed by atoms with van der Waals surface area (Å²) < 4.78 is 13.7. The van der Waals surface area contributed by atoms with Gasteiger partial charge in [-0.3, -0.25) is 0 Å². The molecule has 6 heteroatoms. The Morgan fingerprint density at radius 3 is 2.84 bits per heavy atom. The number of carbonyl (C=O) groups excluding carboxylic acids is 1. The molecule has 1 heterocycles. The number of nitrogens with one attached hydrogen (secondary N) is 1. The molecule has 0 radical (unpaired) electrons. The molecule has 1 N–H and O–H groups in total. The number of anilines is 1. The molecule has 1 aromatic carbocycles. The molecule has 1 aromatic rings. The van der Waals surface area contributed by atoms with Gasteiger partial charge in [0.25, 0.3) is 0 Å². The van der Waals surface area contributed by atoms with E-state index in [0.29, 0.717) is 0 Å². The van der Waals surface area contributed by atoms with Gasteiger partial charge < -0.3 is 10.2 Å². The molecular formula is C13H16ClFN2OS. The van der Waals surface area contributed by atoms with E-state index in [9.17, 15) is 9.18 Å². The average molecular weight is 303 g/mol. The molecule has 1 fully saturated rings. The lowest BCUT2D eigenvalue weighted by molar-refractivity contribution is 0.200. The van der Waals surface area contributed by atoms with Crippen LogP contribution in [-0.2, 0) is 0 Å². The van der Waals surface area contributed by atoms with E-state index in [2.05, 4.69) is 5.32 Å². The summed E-state index contributed by atoms with van der Waals surface area (Å²) in [5.74, 6) is 1.53. The van der Waals surface area contributed by atoms with Crippen molar-refractivity contribution in [2.75, 3.05) is 23.9 Å². The van der Waals surface area contributed by atoms with E-state index in [1.165, 1.54) is 12.1 Å². The fraction of sp³-hybridized carbons (Fsp3) is 0.462. The topological polar surface area (TPSA) is 32.3 Å². The lowest BCUT2D eigenvalue weighted by Crippen LogP contribution is -2.41. The summed E-state index contributed by atoms with van der Waals surface area (Å²) in [4.78, 5) is 13.7. The zero-order chi connectivity index (χ0) is 13.8. The van der Waals surface area contributed by atoms with Crippen LogP contribution in [0.25, 0.3) is 0 Å². The van der Waals surface area contributed by atoms with Gasteiger partial charge >= 0.3 is 6.03 Å². The minimum absolute atomic E-state index is 0.00881. The monoisotopic (exact) mass is 302 g/mol. The zero-order valence-electron chi connectivity index (χ0n) is 10.7. The molecule has 0 aliphatic carbocycles. The summed E-state index contributed by atoms with van der Waals surface area (Å²) in [5, 5.41) is 2.58. The van der Waals surface area contributed by atoms with Crippen molar-refractivity contribution in [2.45, 2.75) is 18.9 Å². The Morgan fingerprint density at radius 1 is 1.47 bits per heavy atom. The quantitative estimate of drug-likeness (QED) is 0.900. The van der Waals surface area contributed by atoms with Crippen molar-refractivity contribution in [3.05, 3.63) is 29.0 Å². The van der Waals surface area contributed by atoms with Gasteiger partial charge in [0, 0.05) is 13.1 Å². The summed E-state index contributed by atoms with van der Waals surface area (Å²) in [6.45, 7) is 0. The minimum Gasteiger partial charge on any atom is -0.325 e. The van der Waals surface area contributed by atoms with Crippen molar-refractivity contribution in [3.63, 3.8) is 0 Å². The normalized spacial score (nSPS) is 16.2. The van der Waals surface area contributed by atoms with Crippen molar-refractivity contribution >= 4 is 35.1 Å². The molecule has 19 heavy (non-hydrogen) atoms. The number of halogens is 2. The van der Waals surface area contributed by atoms with Crippen LogP contribution in [0.2, 0.25) is 5.02 Å². The number of urea groups is 1. The van der Waals surface area contributed by atoms with Crippen LogP contribution in [0.1, 0.15) is 12.8 Å². The fourth-order valence-corrected chi connectivity index (χ4v) is 3.30. The van der Waals surface area contributed by atoms with E-state index >= 15 is 0 Å². The predicted molar refractivity (Wildman–Crippen MR) is 78.5 cm³/mol. The molecule has 3 nitrogen and oxygen atoms in total. The van der Waals surface area contributed by atoms with Crippen molar-refractivity contribution < 1.29 is 9.18 Å². The Bertz CT molecular complexity index is 466. The van der Waals surface area contributed by atoms with Crippen LogP contribution >= 0.6 is 23.4 Å². The Hall–Kier alpha value is -0.940. The van der Waals surface area contributed by atoms with Gasteiger partial charge in [0.15, 0.2) is 5.82 Å². The number of hydrogen-bond donors (Lipinski definition) is 1. The Labute approximate surface area is 121 Å². The van der Waals surface area contributed by atoms with Crippen LogP contribution in [-0.4, -0.2) is 35.5 Å². The van der Waals surface area contributed by atoms with Crippen LogP contribution in [0, 0.1) is 5.82 Å². The van der Waals surface area contributed by atoms with Crippen LogP contribution < -0.4 is 5.32 Å². The number of benzene rings is 1. The van der Waals surface area contributed by atoms with Crippen LogP contribution in [0.15, 0.2) is 18.2 Å². The second-order valence-electron chi connectivity index (χ2n) is 4.49. The van der Waals surface area contributed by atoms with Gasteiger partial charge in [0.05, 0.1) is 10.7 Å². The van der Waals surface area contributed by atoms with Crippen molar-refractivity contribution in [3.8, 4) is 0 Å². The lowest BCUT2D eigenvalue weighted by Gasteiger charge is -2.31. The summed E-state index contributed by atoms with van der Waals surface area (Å²) in [6.07, 6.45) is 1.96. The number of carbonyl (C=O) groups is 1. The van der Waals surface area contributed by atoms with E-state index in [1.54, 1.807) is 18.0 Å². The highest BCUT2D eigenvalue weighted by Gasteiger charge is 2.23. The zero-order valence-corrected chi connectivity index (χ0v) is 12.2. The maximum atomic E-state index is 13.7. The number of rotatable bonds is 2. The molecular weight excluding hydrogens is 287 g/mol. The van der Waals surface area contributed by atoms with Crippen molar-refractivity contribution in [1.82, 2.24) is 4.90 Å². The molecule has 0 saturated carbocycles. The first-order valence-corrected chi connectivity index (χ1v) is 7.68.